The molecular formula is C20H23N5O3S. The molecule has 5 rings (SSSR count). The first-order chi connectivity index (χ1) is 13.9. The van der Waals surface area contributed by atoms with Gasteiger partial charge < -0.3 is 5.32 Å². The molecule has 2 heterocycles. The lowest BCUT2D eigenvalue weighted by molar-refractivity contribution is 0.448. The first-order valence-electron chi connectivity index (χ1n) is 9.48. The lowest BCUT2D eigenvalue weighted by Crippen LogP contribution is -2.39. The molecule has 0 bridgehead atoms. The van der Waals surface area contributed by atoms with E-state index in [1.165, 1.54) is 23.3 Å². The van der Waals surface area contributed by atoms with E-state index < -0.39 is 10.1 Å². The minimum absolute atomic E-state index is 0.0554. The van der Waals surface area contributed by atoms with Gasteiger partial charge >= 0.3 is 0 Å². The average Bonchev–Trinajstić information content (AvgIpc) is 3.27. The summed E-state index contributed by atoms with van der Waals surface area (Å²) in [5.74, 6) is 1.60. The van der Waals surface area contributed by atoms with Crippen molar-refractivity contribution in [2.75, 3.05) is 13.1 Å². The number of tetrazole rings is 1. The number of aryl methyl sites for hydroxylation is 1. The van der Waals surface area contributed by atoms with Gasteiger partial charge in [0.15, 0.2) is 5.82 Å². The van der Waals surface area contributed by atoms with Gasteiger partial charge in [-0.1, -0.05) is 42.0 Å². The molecule has 1 aromatic heterocycles. The molecule has 2 aliphatic rings. The van der Waals surface area contributed by atoms with Crippen molar-refractivity contribution in [3.8, 4) is 0 Å². The Bertz CT molecular complexity index is 1060. The van der Waals surface area contributed by atoms with Crippen molar-refractivity contribution < 1.29 is 13.0 Å². The Balaban J connectivity index is 0.000000161. The molecular weight excluding hydrogens is 390 g/mol. The Morgan fingerprint density at radius 1 is 1.03 bits per heavy atom. The van der Waals surface area contributed by atoms with Crippen molar-refractivity contribution in [3.05, 3.63) is 71.0 Å². The molecule has 1 saturated carbocycles. The highest BCUT2D eigenvalue weighted by Gasteiger charge is 2.49. The smallest absolute Gasteiger partial charge is 0.294 e. The van der Waals surface area contributed by atoms with E-state index in [9.17, 15) is 8.42 Å². The Labute approximate surface area is 169 Å². The molecule has 29 heavy (non-hydrogen) atoms. The molecule has 8 nitrogen and oxygen atoms in total. The average molecular weight is 414 g/mol. The van der Waals surface area contributed by atoms with Crippen molar-refractivity contribution in [2.45, 2.75) is 36.0 Å². The fourth-order valence-electron chi connectivity index (χ4n) is 3.46. The molecule has 2 aromatic carbocycles. The van der Waals surface area contributed by atoms with E-state index in [4.69, 9.17) is 4.55 Å². The predicted octanol–water partition coefficient (Wildman–Crippen LogP) is 2.21. The van der Waals surface area contributed by atoms with Crippen LogP contribution in [0.4, 0.5) is 0 Å². The Morgan fingerprint density at radius 3 is 2.14 bits per heavy atom. The summed E-state index contributed by atoms with van der Waals surface area (Å²) in [5, 5.41) is 17.7. The summed E-state index contributed by atoms with van der Waals surface area (Å²) in [6.45, 7) is 4.06. The van der Waals surface area contributed by atoms with Crippen molar-refractivity contribution >= 4 is 10.1 Å². The van der Waals surface area contributed by atoms with Crippen LogP contribution in [0.5, 0.6) is 0 Å². The van der Waals surface area contributed by atoms with Crippen LogP contribution in [0.15, 0.2) is 53.4 Å². The van der Waals surface area contributed by atoms with Crippen LogP contribution in [0.3, 0.4) is 0 Å². The third-order valence-electron chi connectivity index (χ3n) is 5.58. The number of nitrogens with one attached hydrogen (secondary N) is 2. The van der Waals surface area contributed by atoms with E-state index >= 15 is 0 Å². The maximum absolute atomic E-state index is 10.5. The molecule has 152 valence electrons. The highest BCUT2D eigenvalue weighted by molar-refractivity contribution is 7.85. The largest absolute Gasteiger partial charge is 0.315 e. The Kier molecular flexibility index (Phi) is 5.20. The van der Waals surface area contributed by atoms with Gasteiger partial charge in [-0.05, 0) is 53.5 Å². The molecule has 0 amide bonds. The van der Waals surface area contributed by atoms with E-state index in [1.54, 1.807) is 12.1 Å². The minimum atomic E-state index is -4.02. The fraction of sp³-hybridized carbons (Fsp3) is 0.350. The maximum atomic E-state index is 10.5. The summed E-state index contributed by atoms with van der Waals surface area (Å²) in [4.78, 5) is -0.0666. The molecule has 0 atom stereocenters. The monoisotopic (exact) mass is 413 g/mol. The molecule has 0 radical (unpaired) electrons. The number of benzene rings is 2. The van der Waals surface area contributed by atoms with Crippen molar-refractivity contribution in [2.24, 2.45) is 0 Å². The standard InChI is InChI=1S/C13H15N5.C7H8O3S/c1-3-11(4-2-9(1)10-7-14-8-10)13(5-6-13)12-15-17-18-16-12;1-6-2-4-7(5-3-6)11(8,9)10/h1-4,10,14H,5-8H2,(H,15,16,17,18);2-5H,1H3,(H,8,9,10). The molecule has 3 aromatic rings. The van der Waals surface area contributed by atoms with Crippen LogP contribution in [0.25, 0.3) is 0 Å². The Hall–Kier alpha value is -2.62. The zero-order valence-corrected chi connectivity index (χ0v) is 16.9. The van der Waals surface area contributed by atoms with Crippen LogP contribution in [0.1, 0.15) is 41.3 Å². The van der Waals surface area contributed by atoms with Gasteiger partial charge in [-0.3, -0.25) is 4.55 Å². The topological polar surface area (TPSA) is 121 Å². The van der Waals surface area contributed by atoms with Gasteiger partial charge in [-0.2, -0.15) is 8.42 Å². The molecule has 1 saturated heterocycles. The second kappa shape index (κ2) is 7.66. The quantitative estimate of drug-likeness (QED) is 0.561. The predicted molar refractivity (Wildman–Crippen MR) is 107 cm³/mol. The summed E-state index contributed by atoms with van der Waals surface area (Å²) in [7, 11) is -4.02. The molecule has 2 fully saturated rings. The number of nitrogens with zero attached hydrogens (tertiary/aromatic N) is 3. The third-order valence-corrected chi connectivity index (χ3v) is 6.45. The zero-order chi connectivity index (χ0) is 20.5. The first-order valence-corrected chi connectivity index (χ1v) is 10.9. The molecule has 3 N–H and O–H groups in total. The highest BCUT2D eigenvalue weighted by Crippen LogP contribution is 2.51. The summed E-state index contributed by atoms with van der Waals surface area (Å²) in [6, 6.07) is 15.0. The van der Waals surface area contributed by atoms with Crippen LogP contribution in [0, 0.1) is 6.92 Å². The van der Waals surface area contributed by atoms with E-state index in [2.05, 4.69) is 50.2 Å². The lowest BCUT2D eigenvalue weighted by atomic mass is 9.89. The van der Waals surface area contributed by atoms with E-state index in [0.717, 1.165) is 37.3 Å². The molecule has 0 spiro atoms. The first kappa shape index (κ1) is 19.7. The second-order valence-corrected chi connectivity index (χ2v) is 9.02. The summed E-state index contributed by atoms with van der Waals surface area (Å²) < 4.78 is 29.6. The van der Waals surface area contributed by atoms with E-state index in [1.807, 2.05) is 6.92 Å². The van der Waals surface area contributed by atoms with Gasteiger partial charge in [0.05, 0.1) is 10.3 Å². The molecule has 0 unspecified atom stereocenters. The van der Waals surface area contributed by atoms with Gasteiger partial charge in [0.25, 0.3) is 10.1 Å². The van der Waals surface area contributed by atoms with E-state index in [0.29, 0.717) is 5.92 Å². The molecule has 9 heteroatoms. The van der Waals surface area contributed by atoms with Gasteiger partial charge in [0.2, 0.25) is 0 Å². The molecule has 1 aliphatic heterocycles. The highest BCUT2D eigenvalue weighted by atomic mass is 32.2. The van der Waals surface area contributed by atoms with Crippen molar-refractivity contribution in [3.63, 3.8) is 0 Å². The van der Waals surface area contributed by atoms with E-state index in [-0.39, 0.29) is 10.3 Å². The Morgan fingerprint density at radius 2 is 1.69 bits per heavy atom. The summed E-state index contributed by atoms with van der Waals surface area (Å²) in [6.07, 6.45) is 2.27. The van der Waals surface area contributed by atoms with Gasteiger partial charge in [-0.15, -0.1) is 5.10 Å². The summed E-state index contributed by atoms with van der Waals surface area (Å²) >= 11 is 0. The van der Waals surface area contributed by atoms with Gasteiger partial charge in [-0.25, -0.2) is 5.10 Å². The molecule has 1 aliphatic carbocycles. The summed E-state index contributed by atoms with van der Waals surface area (Å²) in [5.41, 5.74) is 3.78. The minimum Gasteiger partial charge on any atom is -0.315 e. The second-order valence-electron chi connectivity index (χ2n) is 7.60. The number of hydrogen-bond acceptors (Lipinski definition) is 6. The maximum Gasteiger partial charge on any atom is 0.294 e. The van der Waals surface area contributed by atoms with Gasteiger partial charge in [0, 0.05) is 19.0 Å². The number of aromatic nitrogens is 4. The number of aromatic amines is 1. The number of H-pyrrole nitrogens is 1. The van der Waals surface area contributed by atoms with Crippen LogP contribution < -0.4 is 5.32 Å². The third kappa shape index (κ3) is 4.21. The van der Waals surface area contributed by atoms with Crippen LogP contribution in [0.2, 0.25) is 0 Å². The lowest BCUT2D eigenvalue weighted by Gasteiger charge is -2.27. The van der Waals surface area contributed by atoms with Crippen LogP contribution in [-0.4, -0.2) is 46.7 Å². The number of hydrogen-bond donors (Lipinski definition) is 3. The van der Waals surface area contributed by atoms with Crippen LogP contribution in [-0.2, 0) is 15.5 Å². The number of rotatable bonds is 4. The van der Waals surface area contributed by atoms with Gasteiger partial charge in [0.1, 0.15) is 0 Å². The SMILES string of the molecule is Cc1ccc(S(=O)(=O)O)cc1.c1cc(C2(c3nnn[nH]3)CC2)ccc1C1CNC1. The fourth-order valence-corrected chi connectivity index (χ4v) is 3.94. The normalized spacial score (nSPS) is 17.7. The van der Waals surface area contributed by atoms with Crippen LogP contribution >= 0.6 is 0 Å². The zero-order valence-electron chi connectivity index (χ0n) is 16.0. The van der Waals surface area contributed by atoms with Crippen molar-refractivity contribution in [1.29, 1.82) is 0 Å². The van der Waals surface area contributed by atoms with Crippen molar-refractivity contribution in [1.82, 2.24) is 25.9 Å².